The van der Waals surface area contributed by atoms with Crippen molar-refractivity contribution in [3.05, 3.63) is 190 Å². The lowest BCUT2D eigenvalue weighted by Crippen LogP contribution is -2.55. The maximum Gasteiger partial charge on any atom is 0.352 e. The molecule has 6 aromatic rings. The Bertz CT molecular complexity index is 2670. The van der Waals surface area contributed by atoms with Crippen molar-refractivity contribution in [2.45, 2.75) is 43.3 Å². The number of anilines is 1. The maximum absolute atomic E-state index is 14.7. The number of benzene rings is 5. The number of carbonyl (C=O) groups excluding carboxylic acids is 2. The molecule has 0 spiro atoms. The van der Waals surface area contributed by atoms with Crippen molar-refractivity contribution in [3.63, 3.8) is 0 Å². The lowest BCUT2D eigenvalue weighted by Gasteiger charge is -2.40. The SMILES string of the molecule is COCCOC1(n2cc(C)c(NC(=O)c3ccccc3)nc2=O)CO[C@H](COC(c2ccccc2)(c2ccc(OC)cc2)c2ccc(OC)cc2)C1OP(SCCSC(=O)c1ccccc1)N1CCCC1. The number of aryl methyl sites for hydroxylation is 1. The predicted molar refractivity (Wildman–Crippen MR) is 280 cm³/mol. The number of rotatable bonds is 23. The molecule has 3 unspecified atom stereocenters. The van der Waals surface area contributed by atoms with Crippen LogP contribution in [0.2, 0.25) is 0 Å². The first kappa shape index (κ1) is 51.9. The number of hydrogen-bond donors (Lipinski definition) is 1. The molecular weight excluding hydrogens is 960 g/mol. The molecule has 2 aliphatic heterocycles. The van der Waals surface area contributed by atoms with E-state index in [2.05, 4.69) is 15.0 Å². The Morgan fingerprint density at radius 1 is 0.775 bits per heavy atom. The van der Waals surface area contributed by atoms with Crippen LogP contribution in [0.15, 0.2) is 151 Å². The highest BCUT2D eigenvalue weighted by Crippen LogP contribution is 2.59. The number of ether oxygens (including phenoxy) is 6. The Hall–Kier alpha value is -5.39. The van der Waals surface area contributed by atoms with Crippen molar-refractivity contribution >= 4 is 47.5 Å². The van der Waals surface area contributed by atoms with E-state index in [1.807, 2.05) is 115 Å². The van der Waals surface area contributed by atoms with E-state index in [-0.39, 0.29) is 37.4 Å². The molecule has 2 saturated heterocycles. The fourth-order valence-electron chi connectivity index (χ4n) is 8.72. The monoisotopic (exact) mass is 1020 g/mol. The normalized spacial score (nSPS) is 18.5. The van der Waals surface area contributed by atoms with Gasteiger partial charge in [0, 0.05) is 54.6 Å². The standard InChI is InChI=1S/C54H59N4O10PS2/c1-39-36-58(52(61)56-49(39)55-50(59)40-16-8-5-9-17-40)53(66-33-32-62-2)38-65-47(48(53)68-69(57-30-14-15-31-57)71-35-34-70-51(60)41-18-10-6-11-19-41)37-67-54(42-20-12-7-13-21-42,43-22-26-45(63-3)27-23-43)44-24-28-46(64-4)29-25-44/h5-13,16-29,36,47-48H,14-15,30-35,37-38H2,1-4H3,(H,55,56,59,61)/t47-,48?,53?,69?/m1/s1. The Kier molecular flexibility index (Phi) is 18.2. The van der Waals surface area contributed by atoms with Gasteiger partial charge in [-0.25, -0.2) is 4.79 Å². The van der Waals surface area contributed by atoms with Gasteiger partial charge in [0.05, 0.1) is 40.6 Å². The van der Waals surface area contributed by atoms with E-state index in [4.69, 9.17) is 32.9 Å². The molecule has 14 nitrogen and oxygen atoms in total. The van der Waals surface area contributed by atoms with Gasteiger partial charge in [-0.1, -0.05) is 126 Å². The molecule has 0 aliphatic carbocycles. The van der Waals surface area contributed by atoms with Gasteiger partial charge in [-0.15, -0.1) is 0 Å². The summed E-state index contributed by atoms with van der Waals surface area (Å²) in [6.45, 7) is 3.52. The van der Waals surface area contributed by atoms with E-state index in [0.29, 0.717) is 39.7 Å². The van der Waals surface area contributed by atoms with Gasteiger partial charge in [0.2, 0.25) is 10.8 Å². The molecule has 3 heterocycles. The fraction of sp³-hybridized carbons (Fsp3) is 0.333. The zero-order valence-electron chi connectivity index (χ0n) is 40.3. The van der Waals surface area contributed by atoms with Gasteiger partial charge in [0.1, 0.15) is 35.1 Å². The van der Waals surface area contributed by atoms with Gasteiger partial charge in [-0.3, -0.25) is 18.8 Å². The number of carbonyl (C=O) groups is 2. The summed E-state index contributed by atoms with van der Waals surface area (Å²) in [6.07, 6.45) is 1.83. The first-order chi connectivity index (χ1) is 34.7. The lowest BCUT2D eigenvalue weighted by atomic mass is 9.80. The highest BCUT2D eigenvalue weighted by atomic mass is 32.7. The van der Waals surface area contributed by atoms with Crippen molar-refractivity contribution in [1.29, 1.82) is 0 Å². The van der Waals surface area contributed by atoms with Crippen molar-refractivity contribution in [2.24, 2.45) is 0 Å². The van der Waals surface area contributed by atoms with E-state index in [1.54, 1.807) is 70.1 Å². The summed E-state index contributed by atoms with van der Waals surface area (Å²) in [5, 5.41) is 2.83. The molecular formula is C54H59N4O10PS2. The van der Waals surface area contributed by atoms with Crippen LogP contribution in [0.25, 0.3) is 0 Å². The number of thioether (sulfide) groups is 1. The average molecular weight is 1020 g/mol. The smallest absolute Gasteiger partial charge is 0.352 e. The number of amides is 1. The molecule has 5 aromatic carbocycles. The third-order valence-corrected chi connectivity index (χ3v) is 17.6. The first-order valence-corrected chi connectivity index (χ1v) is 27.2. The van der Waals surface area contributed by atoms with Gasteiger partial charge >= 0.3 is 5.69 Å². The Balaban J connectivity index is 1.20. The summed E-state index contributed by atoms with van der Waals surface area (Å²) in [7, 11) is 3.41. The van der Waals surface area contributed by atoms with Crippen molar-refractivity contribution in [1.82, 2.24) is 14.2 Å². The molecule has 1 N–H and O–H groups in total. The van der Waals surface area contributed by atoms with Crippen molar-refractivity contribution in [2.75, 3.05) is 77.7 Å². The van der Waals surface area contributed by atoms with Crippen LogP contribution in [-0.4, -0.2) is 110 Å². The highest BCUT2D eigenvalue weighted by Gasteiger charge is 2.57. The molecule has 1 amide bonds. The summed E-state index contributed by atoms with van der Waals surface area (Å²) >= 11 is 2.93. The summed E-state index contributed by atoms with van der Waals surface area (Å²) in [5.41, 5.74) is 0.612. The molecule has 2 fully saturated rings. The van der Waals surface area contributed by atoms with Crippen LogP contribution in [0.4, 0.5) is 5.82 Å². The number of nitrogens with zero attached hydrogens (tertiary/aromatic N) is 3. The van der Waals surface area contributed by atoms with E-state index < -0.39 is 42.6 Å². The number of methoxy groups -OCH3 is 3. The average Bonchev–Trinajstić information content (AvgIpc) is 4.08. The second-order valence-corrected chi connectivity index (χ2v) is 21.6. The van der Waals surface area contributed by atoms with Crippen LogP contribution >= 0.6 is 30.6 Å². The predicted octanol–water partition coefficient (Wildman–Crippen LogP) is 9.56. The van der Waals surface area contributed by atoms with E-state index in [0.717, 1.165) is 42.6 Å². The van der Waals surface area contributed by atoms with Crippen LogP contribution in [0, 0.1) is 6.92 Å². The molecule has 0 radical (unpaired) electrons. The molecule has 2 aliphatic rings. The van der Waals surface area contributed by atoms with E-state index >= 15 is 0 Å². The molecule has 4 atom stereocenters. The quantitative estimate of drug-likeness (QED) is 0.0369. The first-order valence-electron chi connectivity index (χ1n) is 23.5. The van der Waals surface area contributed by atoms with Gasteiger partial charge in [-0.05, 0) is 72.9 Å². The van der Waals surface area contributed by atoms with Gasteiger partial charge in [-0.2, -0.15) is 4.98 Å². The van der Waals surface area contributed by atoms with Crippen LogP contribution in [0.1, 0.15) is 55.8 Å². The van der Waals surface area contributed by atoms with Crippen LogP contribution in [0.5, 0.6) is 11.5 Å². The zero-order chi connectivity index (χ0) is 49.6. The molecule has 17 heteroatoms. The van der Waals surface area contributed by atoms with Crippen molar-refractivity contribution in [3.8, 4) is 11.5 Å². The molecule has 0 saturated carbocycles. The zero-order valence-corrected chi connectivity index (χ0v) is 42.8. The third-order valence-electron chi connectivity index (χ3n) is 12.4. The molecule has 1 aromatic heterocycles. The Morgan fingerprint density at radius 3 is 1.94 bits per heavy atom. The van der Waals surface area contributed by atoms with Crippen molar-refractivity contribution < 1.29 is 42.5 Å². The lowest BCUT2D eigenvalue weighted by molar-refractivity contribution is -0.162. The Morgan fingerprint density at radius 2 is 1.35 bits per heavy atom. The topological polar surface area (TPSA) is 149 Å². The summed E-state index contributed by atoms with van der Waals surface area (Å²) in [5.74, 6) is 2.25. The number of nitrogens with one attached hydrogen (secondary N) is 1. The summed E-state index contributed by atoms with van der Waals surface area (Å²) in [4.78, 5) is 45.7. The van der Waals surface area contributed by atoms with Gasteiger partial charge in [0.15, 0.2) is 7.50 Å². The van der Waals surface area contributed by atoms with Crippen LogP contribution < -0.4 is 20.5 Å². The molecule has 372 valence electrons. The minimum Gasteiger partial charge on any atom is -0.497 e. The minimum absolute atomic E-state index is 0.00542. The van der Waals surface area contributed by atoms with Gasteiger partial charge in [0.25, 0.3) is 5.91 Å². The summed E-state index contributed by atoms with van der Waals surface area (Å²) in [6, 6.07) is 43.6. The minimum atomic E-state index is -1.60. The molecule has 0 bridgehead atoms. The number of aromatic nitrogens is 2. The second-order valence-electron chi connectivity index (χ2n) is 16.9. The van der Waals surface area contributed by atoms with E-state index in [9.17, 15) is 14.4 Å². The highest BCUT2D eigenvalue weighted by molar-refractivity contribution is 8.53. The third kappa shape index (κ3) is 12.1. The Labute approximate surface area is 424 Å². The molecule has 71 heavy (non-hydrogen) atoms. The largest absolute Gasteiger partial charge is 0.497 e. The van der Waals surface area contributed by atoms with E-state index in [1.165, 1.54) is 16.3 Å². The van der Waals surface area contributed by atoms with Gasteiger partial charge < -0.3 is 38.3 Å². The summed E-state index contributed by atoms with van der Waals surface area (Å²) < 4.78 is 49.2. The second kappa shape index (κ2) is 24.8. The fourth-order valence-corrected chi connectivity index (χ4v) is 14.0. The number of hydrogen-bond acceptors (Lipinski definition) is 14. The maximum atomic E-state index is 14.7. The van der Waals surface area contributed by atoms with Crippen LogP contribution in [0.3, 0.4) is 0 Å². The van der Waals surface area contributed by atoms with Crippen LogP contribution in [-0.2, 0) is 34.8 Å². The molecule has 8 rings (SSSR count).